The molecule has 25 heavy (non-hydrogen) atoms. The summed E-state index contributed by atoms with van der Waals surface area (Å²) >= 11 is 0. The van der Waals surface area contributed by atoms with Gasteiger partial charge in [-0.1, -0.05) is 48.5 Å². The highest BCUT2D eigenvalue weighted by atomic mass is 16.5. The van der Waals surface area contributed by atoms with E-state index < -0.39 is 5.54 Å². The van der Waals surface area contributed by atoms with Crippen molar-refractivity contribution in [2.24, 2.45) is 0 Å². The van der Waals surface area contributed by atoms with Gasteiger partial charge in [0.25, 0.3) is 5.91 Å². The Morgan fingerprint density at radius 3 is 2.32 bits per heavy atom. The van der Waals surface area contributed by atoms with Gasteiger partial charge in [-0.3, -0.25) is 4.79 Å². The average Bonchev–Trinajstić information content (AvgIpc) is 3.22. The van der Waals surface area contributed by atoms with E-state index in [0.29, 0.717) is 12.0 Å². The first-order valence-electron chi connectivity index (χ1n) is 8.70. The molecular weight excluding hydrogens is 314 g/mol. The second kappa shape index (κ2) is 6.03. The molecule has 0 aliphatic carbocycles. The highest BCUT2D eigenvalue weighted by Crippen LogP contribution is 2.55. The minimum atomic E-state index is -0.895. The van der Waals surface area contributed by atoms with Crippen LogP contribution in [0.4, 0.5) is 0 Å². The molecule has 4 rings (SSSR count). The van der Waals surface area contributed by atoms with E-state index in [2.05, 4.69) is 0 Å². The number of nitrogens with zero attached hydrogens (tertiary/aromatic N) is 1. The fourth-order valence-corrected chi connectivity index (χ4v) is 4.68. The summed E-state index contributed by atoms with van der Waals surface area (Å²) < 4.78 is 5.19. The summed E-state index contributed by atoms with van der Waals surface area (Å²) in [7, 11) is 1.41. The summed E-state index contributed by atoms with van der Waals surface area (Å²) in [5.41, 5.74) is 0.825. The van der Waals surface area contributed by atoms with Crippen LogP contribution in [0.1, 0.15) is 41.1 Å². The van der Waals surface area contributed by atoms with Crippen LogP contribution in [0.3, 0.4) is 0 Å². The molecule has 2 heterocycles. The normalized spacial score (nSPS) is 27.3. The van der Waals surface area contributed by atoms with E-state index in [1.54, 1.807) is 0 Å². The molecule has 0 saturated carbocycles. The summed E-state index contributed by atoms with van der Waals surface area (Å²) in [5, 5.41) is 0. The largest absolute Gasteiger partial charge is 0.467 e. The first-order chi connectivity index (χ1) is 12.2. The first kappa shape index (κ1) is 15.9. The third-order valence-corrected chi connectivity index (χ3v) is 5.72. The van der Waals surface area contributed by atoms with Crippen molar-refractivity contribution in [3.8, 4) is 0 Å². The van der Waals surface area contributed by atoms with E-state index in [0.717, 1.165) is 18.4 Å². The summed E-state index contributed by atoms with van der Waals surface area (Å²) in [6.45, 7) is 0. The van der Waals surface area contributed by atoms with Crippen LogP contribution in [0.5, 0.6) is 0 Å². The molecule has 2 aliphatic rings. The molecule has 2 saturated heterocycles. The Kier molecular flexibility index (Phi) is 3.83. The molecule has 4 heteroatoms. The highest BCUT2D eigenvalue weighted by molar-refractivity contribution is 6.00. The SMILES string of the molecule is COC(=O)[C@]12CC[C@H](C[C@H]1c1ccccc1)N2C(=O)c1ccccc1. The van der Waals surface area contributed by atoms with Gasteiger partial charge in [0, 0.05) is 17.5 Å². The minimum absolute atomic E-state index is 0.0208. The summed E-state index contributed by atoms with van der Waals surface area (Å²) in [6, 6.07) is 19.3. The van der Waals surface area contributed by atoms with Crippen molar-refractivity contribution in [3.05, 3.63) is 71.8 Å². The number of esters is 1. The Morgan fingerprint density at radius 1 is 1.04 bits per heavy atom. The van der Waals surface area contributed by atoms with E-state index in [-0.39, 0.29) is 23.8 Å². The molecule has 0 radical (unpaired) electrons. The Hall–Kier alpha value is -2.62. The van der Waals surface area contributed by atoms with Gasteiger partial charge in [-0.2, -0.15) is 0 Å². The number of methoxy groups -OCH3 is 1. The lowest BCUT2D eigenvalue weighted by atomic mass is 9.74. The smallest absolute Gasteiger partial charge is 0.332 e. The van der Waals surface area contributed by atoms with Gasteiger partial charge in [-0.05, 0) is 37.0 Å². The fourth-order valence-electron chi connectivity index (χ4n) is 4.68. The maximum Gasteiger partial charge on any atom is 0.332 e. The quantitative estimate of drug-likeness (QED) is 0.808. The molecule has 0 N–H and O–H groups in total. The van der Waals surface area contributed by atoms with Crippen LogP contribution in [-0.2, 0) is 9.53 Å². The molecule has 0 unspecified atom stereocenters. The summed E-state index contributed by atoms with van der Waals surface area (Å²) in [6.07, 6.45) is 2.30. The molecule has 2 aromatic carbocycles. The molecule has 4 nitrogen and oxygen atoms in total. The van der Waals surface area contributed by atoms with Crippen molar-refractivity contribution in [2.45, 2.75) is 36.8 Å². The Labute approximate surface area is 147 Å². The number of rotatable bonds is 3. The van der Waals surface area contributed by atoms with Gasteiger partial charge in [0.2, 0.25) is 0 Å². The van der Waals surface area contributed by atoms with E-state index in [4.69, 9.17) is 4.74 Å². The van der Waals surface area contributed by atoms with Crippen molar-refractivity contribution >= 4 is 11.9 Å². The number of fused-ring (bicyclic) bond motifs is 2. The third-order valence-electron chi connectivity index (χ3n) is 5.72. The molecule has 128 valence electrons. The standard InChI is InChI=1S/C21H21NO3/c1-25-20(24)21-13-12-17(14-18(21)15-8-4-2-5-9-15)22(21)19(23)16-10-6-3-7-11-16/h2-11,17-18H,12-14H2,1H3/t17-,18+,21+/m1/s1. The van der Waals surface area contributed by atoms with Gasteiger partial charge < -0.3 is 9.64 Å². The monoisotopic (exact) mass is 335 g/mol. The van der Waals surface area contributed by atoms with E-state index in [1.807, 2.05) is 65.6 Å². The predicted octanol–water partition coefficient (Wildman–Crippen LogP) is 3.39. The van der Waals surface area contributed by atoms with E-state index >= 15 is 0 Å². The van der Waals surface area contributed by atoms with Crippen LogP contribution in [0.2, 0.25) is 0 Å². The van der Waals surface area contributed by atoms with Gasteiger partial charge in [0.05, 0.1) is 7.11 Å². The van der Waals surface area contributed by atoms with Crippen molar-refractivity contribution in [1.29, 1.82) is 0 Å². The zero-order valence-electron chi connectivity index (χ0n) is 14.2. The molecule has 2 aliphatic heterocycles. The molecule has 2 aromatic rings. The van der Waals surface area contributed by atoms with Crippen LogP contribution < -0.4 is 0 Å². The summed E-state index contributed by atoms with van der Waals surface area (Å²) in [4.78, 5) is 27.9. The zero-order valence-corrected chi connectivity index (χ0v) is 14.2. The Balaban J connectivity index is 1.80. The zero-order chi connectivity index (χ0) is 17.4. The van der Waals surface area contributed by atoms with E-state index in [9.17, 15) is 9.59 Å². The molecular formula is C21H21NO3. The van der Waals surface area contributed by atoms with Gasteiger partial charge in [0.1, 0.15) is 5.54 Å². The average molecular weight is 335 g/mol. The van der Waals surface area contributed by atoms with Crippen molar-refractivity contribution < 1.29 is 14.3 Å². The lowest BCUT2D eigenvalue weighted by Crippen LogP contribution is -2.54. The van der Waals surface area contributed by atoms with Crippen molar-refractivity contribution in [2.75, 3.05) is 7.11 Å². The number of benzene rings is 2. The number of hydrogen-bond donors (Lipinski definition) is 0. The van der Waals surface area contributed by atoms with Gasteiger partial charge in [-0.15, -0.1) is 0 Å². The summed E-state index contributed by atoms with van der Waals surface area (Å²) in [5.74, 6) is -0.398. The number of carbonyl (C=O) groups excluding carboxylic acids is 2. The lowest BCUT2D eigenvalue weighted by Gasteiger charge is -2.37. The number of hydrogen-bond acceptors (Lipinski definition) is 3. The van der Waals surface area contributed by atoms with Crippen LogP contribution in [0.25, 0.3) is 0 Å². The highest BCUT2D eigenvalue weighted by Gasteiger charge is 2.65. The molecule has 3 atom stereocenters. The fraction of sp³-hybridized carbons (Fsp3) is 0.333. The molecule has 0 spiro atoms. The second-order valence-electron chi connectivity index (χ2n) is 6.85. The van der Waals surface area contributed by atoms with Crippen LogP contribution in [0.15, 0.2) is 60.7 Å². The van der Waals surface area contributed by atoms with E-state index in [1.165, 1.54) is 7.11 Å². The maximum absolute atomic E-state index is 13.2. The number of ether oxygens (including phenoxy) is 1. The van der Waals surface area contributed by atoms with Crippen molar-refractivity contribution in [1.82, 2.24) is 4.90 Å². The van der Waals surface area contributed by atoms with Crippen LogP contribution in [0, 0.1) is 0 Å². The number of carbonyl (C=O) groups is 2. The first-order valence-corrected chi connectivity index (χ1v) is 8.70. The van der Waals surface area contributed by atoms with Crippen molar-refractivity contribution in [3.63, 3.8) is 0 Å². The third kappa shape index (κ3) is 2.28. The number of amides is 1. The Morgan fingerprint density at radius 2 is 1.68 bits per heavy atom. The van der Waals surface area contributed by atoms with Crippen LogP contribution in [-0.4, -0.2) is 35.5 Å². The topological polar surface area (TPSA) is 46.6 Å². The molecule has 0 aromatic heterocycles. The predicted molar refractivity (Wildman–Crippen MR) is 94.2 cm³/mol. The van der Waals surface area contributed by atoms with Gasteiger partial charge in [-0.25, -0.2) is 4.79 Å². The molecule has 2 bridgehead atoms. The molecule has 2 fully saturated rings. The van der Waals surface area contributed by atoms with Gasteiger partial charge in [0.15, 0.2) is 0 Å². The van der Waals surface area contributed by atoms with Crippen LogP contribution >= 0.6 is 0 Å². The Bertz CT molecular complexity index is 789. The molecule has 1 amide bonds. The second-order valence-corrected chi connectivity index (χ2v) is 6.85. The minimum Gasteiger partial charge on any atom is -0.467 e. The lowest BCUT2D eigenvalue weighted by molar-refractivity contribution is -0.152. The maximum atomic E-state index is 13.2. The van der Waals surface area contributed by atoms with Gasteiger partial charge >= 0.3 is 5.97 Å².